The van der Waals surface area contributed by atoms with E-state index in [-0.39, 0.29) is 36.3 Å². The highest BCUT2D eigenvalue weighted by Gasteiger charge is 2.73. The number of carbonyl (C=O) groups is 2. The topological polar surface area (TPSA) is 117 Å². The highest BCUT2D eigenvalue weighted by Crippen LogP contribution is 2.62. The number of carbonyl (C=O) groups excluding carboxylic acids is 2. The van der Waals surface area contributed by atoms with Crippen molar-refractivity contribution >= 4 is 17.6 Å². The van der Waals surface area contributed by atoms with Crippen molar-refractivity contribution in [1.82, 2.24) is 0 Å². The molecular formula is C29H37NO7. The van der Waals surface area contributed by atoms with E-state index < -0.39 is 47.3 Å². The highest BCUT2D eigenvalue weighted by atomic mass is 16.6. The van der Waals surface area contributed by atoms with Gasteiger partial charge in [0.05, 0.1) is 24.3 Å². The zero-order chi connectivity index (χ0) is 26.9. The van der Waals surface area contributed by atoms with Crippen LogP contribution in [0.5, 0.6) is 5.75 Å². The van der Waals surface area contributed by atoms with E-state index in [0.29, 0.717) is 23.4 Å². The summed E-state index contributed by atoms with van der Waals surface area (Å²) in [6.45, 7) is 9.78. The highest BCUT2D eigenvalue weighted by molar-refractivity contribution is 5.96. The van der Waals surface area contributed by atoms with Crippen LogP contribution in [-0.4, -0.2) is 64.8 Å². The largest absolute Gasteiger partial charge is 0.490 e. The Kier molecular flexibility index (Phi) is 6.09. The monoisotopic (exact) mass is 511 g/mol. The van der Waals surface area contributed by atoms with E-state index in [0.717, 1.165) is 0 Å². The van der Waals surface area contributed by atoms with Crippen LogP contribution in [0.1, 0.15) is 41.0 Å². The van der Waals surface area contributed by atoms with Gasteiger partial charge < -0.3 is 24.8 Å². The Labute approximate surface area is 217 Å². The first-order valence-electron chi connectivity index (χ1n) is 13.1. The molecule has 1 heterocycles. The smallest absolute Gasteiger partial charge is 0.415 e. The maximum Gasteiger partial charge on any atom is 0.415 e. The number of anilines is 1. The first kappa shape index (κ1) is 25.9. The number of ether oxygens (including phenoxy) is 2. The zero-order valence-electron chi connectivity index (χ0n) is 22.1. The molecule has 0 aromatic heterocycles. The fourth-order valence-corrected chi connectivity index (χ4v) is 7.18. The van der Waals surface area contributed by atoms with Crippen LogP contribution in [0, 0.1) is 28.6 Å². The van der Waals surface area contributed by atoms with Gasteiger partial charge in [0, 0.05) is 5.92 Å². The van der Waals surface area contributed by atoms with Crippen molar-refractivity contribution in [1.29, 1.82) is 0 Å². The lowest BCUT2D eigenvalue weighted by molar-refractivity contribution is -0.189. The molecular weight excluding hydrogens is 474 g/mol. The van der Waals surface area contributed by atoms with E-state index in [1.54, 1.807) is 37.3 Å². The standard InChI is InChI=1S/C29H37NO7/c1-16-14-28-18(3)12-17(2)27(4,5)20(24(28)33)13-19(15-31)23(32)29(28,35)25(16)37-26(34)30-10-11-36-22-9-7-6-8-21(22)30/h6-9,13-14,17-18,20,23,25,31-32,35H,10-12,15H2,1-5H3/t17-,18?,20-,23-,25+,28?,29+/m1/s1. The molecule has 8 heteroatoms. The van der Waals surface area contributed by atoms with Gasteiger partial charge in [-0.25, -0.2) is 4.79 Å². The third kappa shape index (κ3) is 3.38. The molecule has 2 unspecified atom stereocenters. The maximum atomic E-state index is 14.5. The number of aliphatic hydroxyl groups excluding tert-OH is 2. The average Bonchev–Trinajstić information content (AvgIpc) is 3.04. The number of hydrogen-bond acceptors (Lipinski definition) is 7. The lowest BCUT2D eigenvalue weighted by Gasteiger charge is -2.48. The van der Waals surface area contributed by atoms with Crippen molar-refractivity contribution in [2.24, 2.45) is 28.6 Å². The molecule has 1 aromatic rings. The minimum Gasteiger partial charge on any atom is -0.490 e. The van der Waals surface area contributed by atoms with Crippen molar-refractivity contribution < 1.29 is 34.4 Å². The number of hydrogen-bond donors (Lipinski definition) is 3. The summed E-state index contributed by atoms with van der Waals surface area (Å²) in [7, 11) is 0. The summed E-state index contributed by atoms with van der Waals surface area (Å²) in [5, 5.41) is 34.5. The number of fused-ring (bicyclic) bond motifs is 2. The number of allylic oxidation sites excluding steroid dienone is 1. The average molecular weight is 512 g/mol. The Hall–Kier alpha value is -2.68. The van der Waals surface area contributed by atoms with Crippen molar-refractivity contribution in [3.63, 3.8) is 0 Å². The second kappa shape index (κ2) is 8.68. The third-order valence-electron chi connectivity index (χ3n) is 9.68. The Morgan fingerprint density at radius 1 is 1.22 bits per heavy atom. The number of amides is 1. The SMILES string of the molecule is CC1=CC23C(=O)[C@@H](C=C(CO)[C@@H](O)[C@]2(O)[C@H]1OC(=O)N1CCOc2ccccc21)C(C)(C)[C@H](C)CC3C. The molecule has 7 atom stereocenters. The van der Waals surface area contributed by atoms with Gasteiger partial charge in [-0.1, -0.05) is 52.0 Å². The molecule has 200 valence electrons. The molecule has 1 aliphatic heterocycles. The Morgan fingerprint density at radius 3 is 2.62 bits per heavy atom. The molecule has 8 nitrogen and oxygen atoms in total. The molecule has 5 rings (SSSR count). The van der Waals surface area contributed by atoms with Crippen LogP contribution in [0.3, 0.4) is 0 Å². The van der Waals surface area contributed by atoms with Gasteiger partial charge in [0.25, 0.3) is 0 Å². The van der Waals surface area contributed by atoms with Gasteiger partial charge in [0.1, 0.15) is 18.5 Å². The zero-order valence-corrected chi connectivity index (χ0v) is 22.1. The molecule has 3 aliphatic carbocycles. The molecule has 2 bridgehead atoms. The van der Waals surface area contributed by atoms with Crippen LogP contribution in [0.15, 0.2) is 47.6 Å². The van der Waals surface area contributed by atoms with Gasteiger partial charge in [0.15, 0.2) is 17.5 Å². The van der Waals surface area contributed by atoms with Crippen molar-refractivity contribution in [3.8, 4) is 5.75 Å². The van der Waals surface area contributed by atoms with Gasteiger partial charge in [-0.2, -0.15) is 0 Å². The number of rotatable bonds is 2. The molecule has 3 N–H and O–H groups in total. The second-order valence-corrected chi connectivity index (χ2v) is 11.8. The molecule has 0 saturated heterocycles. The van der Waals surface area contributed by atoms with E-state index in [1.807, 2.05) is 26.8 Å². The quantitative estimate of drug-likeness (QED) is 0.522. The van der Waals surface area contributed by atoms with Crippen molar-refractivity contribution in [2.75, 3.05) is 24.7 Å². The van der Waals surface area contributed by atoms with E-state index in [9.17, 15) is 24.9 Å². The van der Waals surface area contributed by atoms with Gasteiger partial charge in [0.2, 0.25) is 0 Å². The first-order chi connectivity index (χ1) is 17.4. The van der Waals surface area contributed by atoms with E-state index in [4.69, 9.17) is 9.47 Å². The number of Topliss-reactive ketones (excluding diaryl/α,β-unsaturated/α-hetero) is 1. The molecule has 1 amide bonds. The van der Waals surface area contributed by atoms with Gasteiger partial charge in [-0.3, -0.25) is 9.69 Å². The summed E-state index contributed by atoms with van der Waals surface area (Å²) < 4.78 is 11.7. The number of nitrogens with zero attached hydrogens (tertiary/aromatic N) is 1. The van der Waals surface area contributed by atoms with Crippen LogP contribution in [-0.2, 0) is 9.53 Å². The molecule has 37 heavy (non-hydrogen) atoms. The summed E-state index contributed by atoms with van der Waals surface area (Å²) >= 11 is 0. The summed E-state index contributed by atoms with van der Waals surface area (Å²) in [5.41, 5.74) is -2.94. The molecule has 0 radical (unpaired) electrons. The van der Waals surface area contributed by atoms with Crippen molar-refractivity contribution in [3.05, 3.63) is 47.6 Å². The molecule has 1 aromatic carbocycles. The first-order valence-corrected chi connectivity index (χ1v) is 13.1. The minimum atomic E-state index is -2.18. The molecule has 1 saturated carbocycles. The summed E-state index contributed by atoms with van der Waals surface area (Å²) in [5.74, 6) is -0.539. The van der Waals surface area contributed by atoms with Crippen LogP contribution in [0.25, 0.3) is 0 Å². The van der Waals surface area contributed by atoms with Gasteiger partial charge in [-0.05, 0) is 53.9 Å². The number of benzene rings is 1. The number of para-hydroxylation sites is 2. The Balaban J connectivity index is 1.62. The number of ketones is 1. The van der Waals surface area contributed by atoms with Crippen LogP contribution < -0.4 is 9.64 Å². The number of aliphatic hydroxyl groups is 3. The Bertz CT molecular complexity index is 1190. The maximum absolute atomic E-state index is 14.5. The third-order valence-corrected chi connectivity index (χ3v) is 9.68. The summed E-state index contributed by atoms with van der Waals surface area (Å²) in [6.07, 6.45) is 0.393. The van der Waals surface area contributed by atoms with Crippen LogP contribution in [0.4, 0.5) is 10.5 Å². The molecule has 1 spiro atoms. The predicted molar refractivity (Wildman–Crippen MR) is 137 cm³/mol. The fourth-order valence-electron chi connectivity index (χ4n) is 7.18. The molecule has 1 fully saturated rings. The van der Waals surface area contributed by atoms with Crippen LogP contribution in [0.2, 0.25) is 0 Å². The van der Waals surface area contributed by atoms with Crippen LogP contribution >= 0.6 is 0 Å². The van der Waals surface area contributed by atoms with Gasteiger partial charge >= 0.3 is 6.09 Å². The normalized spacial score (nSPS) is 38.3. The summed E-state index contributed by atoms with van der Waals surface area (Å²) in [6, 6.07) is 7.12. The lowest BCUT2D eigenvalue weighted by atomic mass is 9.59. The molecule has 4 aliphatic rings. The van der Waals surface area contributed by atoms with E-state index in [2.05, 4.69) is 6.92 Å². The van der Waals surface area contributed by atoms with Gasteiger partial charge in [-0.15, -0.1) is 0 Å². The lowest BCUT2D eigenvalue weighted by Crippen LogP contribution is -2.66. The van der Waals surface area contributed by atoms with E-state index in [1.165, 1.54) is 4.90 Å². The Morgan fingerprint density at radius 2 is 1.92 bits per heavy atom. The van der Waals surface area contributed by atoms with E-state index >= 15 is 0 Å². The second-order valence-electron chi connectivity index (χ2n) is 11.8. The van der Waals surface area contributed by atoms with Crippen molar-refractivity contribution in [2.45, 2.75) is 58.8 Å². The summed E-state index contributed by atoms with van der Waals surface area (Å²) in [4.78, 5) is 29.5. The predicted octanol–water partition coefficient (Wildman–Crippen LogP) is 3.25. The fraction of sp³-hybridized carbons (Fsp3) is 0.586. The minimum absolute atomic E-state index is 0.117.